The molecule has 1 aromatic heterocycles. The van der Waals surface area contributed by atoms with Gasteiger partial charge in [0.1, 0.15) is 0 Å². The van der Waals surface area contributed by atoms with E-state index in [1.165, 1.54) is 4.68 Å². The highest BCUT2D eigenvalue weighted by Gasteiger charge is 2.05. The van der Waals surface area contributed by atoms with E-state index >= 15 is 0 Å². The van der Waals surface area contributed by atoms with Crippen LogP contribution in [0, 0.1) is 0 Å². The maximum Gasteiger partial charge on any atom is 0.293 e. The topological polar surface area (TPSA) is 50.7 Å². The number of aryl methyl sites for hydroxylation is 1. The summed E-state index contributed by atoms with van der Waals surface area (Å²) in [5.74, 6) is 0. The zero-order chi connectivity index (χ0) is 8.43. The molecule has 1 heterocycles. The van der Waals surface area contributed by atoms with Crippen molar-refractivity contribution in [3.8, 4) is 0 Å². The Bertz CT molecular complexity index is 332. The molecule has 0 aliphatic carbocycles. The van der Waals surface area contributed by atoms with Crippen LogP contribution in [0.15, 0.2) is 10.9 Å². The highest BCUT2D eigenvalue weighted by atomic mass is 16.1. The Morgan fingerprint density at radius 1 is 1.73 bits per heavy atom. The fourth-order valence-electron chi connectivity index (χ4n) is 0.771. The summed E-state index contributed by atoms with van der Waals surface area (Å²) in [6, 6.07) is 0. The Morgan fingerprint density at radius 3 is 2.73 bits per heavy atom. The molecule has 4 heteroatoms. The monoisotopic (exact) mass is 153 g/mol. The second kappa shape index (κ2) is 2.74. The molecule has 4 nitrogen and oxygen atoms in total. The maximum atomic E-state index is 11.2. The van der Waals surface area contributed by atoms with Crippen LogP contribution in [0.3, 0.4) is 0 Å². The van der Waals surface area contributed by atoms with E-state index in [1.807, 2.05) is 19.9 Å². The van der Waals surface area contributed by atoms with Gasteiger partial charge in [0.05, 0.1) is 0 Å². The summed E-state index contributed by atoms with van der Waals surface area (Å²) >= 11 is 0. The predicted molar refractivity (Wildman–Crippen MR) is 43.2 cm³/mol. The van der Waals surface area contributed by atoms with E-state index in [0.717, 1.165) is 5.57 Å². The first kappa shape index (κ1) is 7.78. The van der Waals surface area contributed by atoms with Gasteiger partial charge in [-0.25, -0.2) is 9.90 Å². The van der Waals surface area contributed by atoms with Gasteiger partial charge >= 0.3 is 0 Å². The van der Waals surface area contributed by atoms with Crippen LogP contribution in [0.1, 0.15) is 19.5 Å². The summed E-state index contributed by atoms with van der Waals surface area (Å²) in [6.45, 7) is 3.74. The van der Waals surface area contributed by atoms with Gasteiger partial charge in [0.25, 0.3) is 5.56 Å². The molecule has 0 saturated heterocycles. The van der Waals surface area contributed by atoms with Gasteiger partial charge in [-0.3, -0.25) is 4.79 Å². The molecule has 0 amide bonds. The molecule has 0 atom stereocenters. The number of hydrogen-bond acceptors (Lipinski definition) is 2. The Kier molecular flexibility index (Phi) is 1.94. The van der Waals surface area contributed by atoms with Gasteiger partial charge in [-0.1, -0.05) is 6.08 Å². The molecular weight excluding hydrogens is 142 g/mol. The van der Waals surface area contributed by atoms with Crippen LogP contribution in [0.5, 0.6) is 0 Å². The molecule has 0 saturated carbocycles. The Morgan fingerprint density at radius 2 is 2.36 bits per heavy atom. The molecule has 1 rings (SSSR count). The van der Waals surface area contributed by atoms with Crippen LogP contribution >= 0.6 is 0 Å². The number of rotatable bonds is 1. The summed E-state index contributed by atoms with van der Waals surface area (Å²) in [4.78, 5) is 11.2. The third-order valence-corrected chi connectivity index (χ3v) is 1.63. The molecule has 1 N–H and O–H groups in total. The van der Waals surface area contributed by atoms with Crippen molar-refractivity contribution in [1.82, 2.24) is 15.0 Å². The molecule has 0 unspecified atom stereocenters. The van der Waals surface area contributed by atoms with Crippen LogP contribution in [0.2, 0.25) is 0 Å². The van der Waals surface area contributed by atoms with Gasteiger partial charge in [0, 0.05) is 7.05 Å². The van der Waals surface area contributed by atoms with Crippen LogP contribution < -0.4 is 5.56 Å². The number of nitrogens with one attached hydrogen (secondary N) is 1. The molecule has 11 heavy (non-hydrogen) atoms. The molecular formula is C7H11N3O. The van der Waals surface area contributed by atoms with Crippen molar-refractivity contribution < 1.29 is 0 Å². The van der Waals surface area contributed by atoms with Crippen molar-refractivity contribution in [3.05, 3.63) is 22.1 Å². The first-order valence-electron chi connectivity index (χ1n) is 3.41. The zero-order valence-electron chi connectivity index (χ0n) is 6.88. The number of aromatic amines is 1. The quantitative estimate of drug-likeness (QED) is 0.639. The van der Waals surface area contributed by atoms with Gasteiger partial charge in [0.2, 0.25) is 0 Å². The van der Waals surface area contributed by atoms with Crippen LogP contribution in [-0.4, -0.2) is 15.0 Å². The second-order valence-electron chi connectivity index (χ2n) is 2.40. The van der Waals surface area contributed by atoms with Crippen molar-refractivity contribution >= 4 is 5.57 Å². The number of allylic oxidation sites excluding steroid dienone is 2. The van der Waals surface area contributed by atoms with Gasteiger partial charge in [0.15, 0.2) is 5.69 Å². The smallest absolute Gasteiger partial charge is 0.265 e. The van der Waals surface area contributed by atoms with E-state index in [2.05, 4.69) is 10.3 Å². The zero-order valence-corrected chi connectivity index (χ0v) is 6.88. The second-order valence-corrected chi connectivity index (χ2v) is 2.40. The van der Waals surface area contributed by atoms with E-state index in [0.29, 0.717) is 5.69 Å². The summed E-state index contributed by atoms with van der Waals surface area (Å²) in [5, 5.41) is 6.41. The minimum Gasteiger partial charge on any atom is -0.265 e. The van der Waals surface area contributed by atoms with Crippen molar-refractivity contribution in [2.24, 2.45) is 7.05 Å². The Balaban J connectivity index is 3.26. The van der Waals surface area contributed by atoms with E-state index < -0.39 is 0 Å². The van der Waals surface area contributed by atoms with Gasteiger partial charge in [-0.05, 0) is 19.4 Å². The van der Waals surface area contributed by atoms with Crippen molar-refractivity contribution in [1.29, 1.82) is 0 Å². The van der Waals surface area contributed by atoms with Crippen molar-refractivity contribution in [2.75, 3.05) is 0 Å². The molecule has 60 valence electrons. The standard InChI is InChI=1S/C7H11N3O/c1-4-5(2)6-7(11)10(3)9-8-6/h4,9H,1-3H3/b5-4-. The van der Waals surface area contributed by atoms with E-state index in [4.69, 9.17) is 0 Å². The average molecular weight is 153 g/mol. The lowest BCUT2D eigenvalue weighted by atomic mass is 10.2. The SMILES string of the molecule is C/C=C(/C)c1n[nH]n(C)c1=O. The molecule has 0 spiro atoms. The minimum atomic E-state index is -0.0828. The normalized spacial score (nSPS) is 12.1. The highest BCUT2D eigenvalue weighted by molar-refractivity contribution is 5.58. The first-order valence-corrected chi connectivity index (χ1v) is 3.41. The first-order chi connectivity index (χ1) is 5.16. The number of H-pyrrole nitrogens is 1. The Hall–Kier alpha value is -1.32. The van der Waals surface area contributed by atoms with E-state index in [1.54, 1.807) is 7.05 Å². The van der Waals surface area contributed by atoms with Crippen LogP contribution in [0.4, 0.5) is 0 Å². The number of nitrogens with zero attached hydrogens (tertiary/aromatic N) is 2. The molecule has 0 aliphatic heterocycles. The fourth-order valence-corrected chi connectivity index (χ4v) is 0.771. The average Bonchev–Trinajstić information content (AvgIpc) is 2.32. The highest BCUT2D eigenvalue weighted by Crippen LogP contribution is 2.02. The molecule has 0 aromatic carbocycles. The lowest BCUT2D eigenvalue weighted by Gasteiger charge is -1.87. The summed E-state index contributed by atoms with van der Waals surface area (Å²) in [6.07, 6.45) is 1.86. The predicted octanol–water partition coefficient (Wildman–Crippen LogP) is 0.532. The van der Waals surface area contributed by atoms with Gasteiger partial charge < -0.3 is 0 Å². The number of hydrogen-bond donors (Lipinski definition) is 1. The third-order valence-electron chi connectivity index (χ3n) is 1.63. The molecule has 0 radical (unpaired) electrons. The molecule has 1 aromatic rings. The van der Waals surface area contributed by atoms with Gasteiger partial charge in [-0.2, -0.15) is 5.10 Å². The number of aromatic nitrogens is 3. The summed E-state index contributed by atoms with van der Waals surface area (Å²) in [7, 11) is 1.64. The molecule has 0 fully saturated rings. The third kappa shape index (κ3) is 1.24. The summed E-state index contributed by atoms with van der Waals surface area (Å²) < 4.78 is 1.35. The van der Waals surface area contributed by atoms with Crippen LogP contribution in [0.25, 0.3) is 5.57 Å². The van der Waals surface area contributed by atoms with Crippen molar-refractivity contribution in [2.45, 2.75) is 13.8 Å². The fraction of sp³-hybridized carbons (Fsp3) is 0.429. The van der Waals surface area contributed by atoms with E-state index in [-0.39, 0.29) is 5.56 Å². The lowest BCUT2D eigenvalue weighted by molar-refractivity contribution is 0.695. The largest absolute Gasteiger partial charge is 0.293 e. The Labute approximate surface area is 64.5 Å². The van der Waals surface area contributed by atoms with Crippen LogP contribution in [-0.2, 0) is 7.05 Å². The summed E-state index contributed by atoms with van der Waals surface area (Å²) in [5.41, 5.74) is 1.31. The van der Waals surface area contributed by atoms with Gasteiger partial charge in [-0.15, -0.1) is 0 Å². The minimum absolute atomic E-state index is 0.0828. The maximum absolute atomic E-state index is 11.2. The van der Waals surface area contributed by atoms with E-state index in [9.17, 15) is 4.79 Å². The molecule has 0 aliphatic rings. The molecule has 0 bridgehead atoms. The van der Waals surface area contributed by atoms with Crippen molar-refractivity contribution in [3.63, 3.8) is 0 Å². The lowest BCUT2D eigenvalue weighted by Crippen LogP contribution is -2.14.